The summed E-state index contributed by atoms with van der Waals surface area (Å²) >= 11 is 0. The number of hydrogen-bond donors (Lipinski definition) is 1. The molecule has 0 aromatic heterocycles. The van der Waals surface area contributed by atoms with Crippen LogP contribution in [0, 0.1) is 13.8 Å². The summed E-state index contributed by atoms with van der Waals surface area (Å²) in [6, 6.07) is 6.36. The minimum Gasteiger partial charge on any atom is -0.378 e. The molecule has 6 nitrogen and oxygen atoms in total. The Morgan fingerprint density at radius 2 is 2.12 bits per heavy atom. The van der Waals surface area contributed by atoms with Crippen LogP contribution in [0.25, 0.3) is 0 Å². The maximum atomic E-state index is 12.4. The molecule has 2 fully saturated rings. The van der Waals surface area contributed by atoms with Crippen LogP contribution in [0.2, 0.25) is 0 Å². The number of piperazine rings is 1. The number of nitrogens with one attached hydrogen (secondary N) is 1. The highest BCUT2D eigenvalue weighted by Gasteiger charge is 2.28. The Bertz CT molecular complexity index is 641. The van der Waals surface area contributed by atoms with Gasteiger partial charge in [0.25, 0.3) is 0 Å². The highest BCUT2D eigenvalue weighted by molar-refractivity contribution is 5.86. The summed E-state index contributed by atoms with van der Waals surface area (Å²) in [6.45, 7) is 8.18. The van der Waals surface area contributed by atoms with Gasteiger partial charge in [-0.3, -0.25) is 9.59 Å². The van der Waals surface area contributed by atoms with E-state index < -0.39 is 0 Å². The van der Waals surface area contributed by atoms with Crippen molar-refractivity contribution in [3.8, 4) is 0 Å². The van der Waals surface area contributed by atoms with Crippen LogP contribution in [0.5, 0.6) is 0 Å². The number of hydrogen-bond acceptors (Lipinski definition) is 4. The zero-order valence-electron chi connectivity index (χ0n) is 15.1. The minimum atomic E-state index is 0.0191. The molecule has 1 aromatic carbocycles. The lowest BCUT2D eigenvalue weighted by Crippen LogP contribution is -2.53. The highest BCUT2D eigenvalue weighted by atomic mass is 16.5. The maximum Gasteiger partial charge on any atom is 0.242 e. The summed E-state index contributed by atoms with van der Waals surface area (Å²) in [6.07, 6.45) is 0.393. The highest BCUT2D eigenvalue weighted by Crippen LogP contribution is 2.15. The van der Waals surface area contributed by atoms with Crippen LogP contribution in [0.15, 0.2) is 18.2 Å². The second-order valence-corrected chi connectivity index (χ2v) is 6.98. The van der Waals surface area contributed by atoms with Crippen LogP contribution in [0.1, 0.15) is 23.1 Å². The number of nitrogens with zero attached hydrogens (tertiary/aromatic N) is 2. The summed E-state index contributed by atoms with van der Waals surface area (Å²) in [5, 5.41) is 3.28. The van der Waals surface area contributed by atoms with Crippen molar-refractivity contribution in [1.82, 2.24) is 15.1 Å². The fourth-order valence-electron chi connectivity index (χ4n) is 3.30. The standard InChI is InChI=1S/C19H27N3O3/c1-14-3-4-16(9-15(14)2)11-21-6-7-22(12-19(21)24)18(23)10-17-13-25-8-5-20-17/h3-4,9,17,20H,5-8,10-13H2,1-2H3/t17-/m0/s1. The Hall–Kier alpha value is -1.92. The topological polar surface area (TPSA) is 61.9 Å². The number of aryl methyl sites for hydroxylation is 2. The van der Waals surface area contributed by atoms with E-state index >= 15 is 0 Å². The second-order valence-electron chi connectivity index (χ2n) is 6.98. The third-order valence-electron chi connectivity index (χ3n) is 5.04. The van der Waals surface area contributed by atoms with Crippen molar-refractivity contribution in [3.63, 3.8) is 0 Å². The van der Waals surface area contributed by atoms with Gasteiger partial charge >= 0.3 is 0 Å². The lowest BCUT2D eigenvalue weighted by Gasteiger charge is -2.35. The van der Waals surface area contributed by atoms with Crippen molar-refractivity contribution in [3.05, 3.63) is 34.9 Å². The van der Waals surface area contributed by atoms with Crippen molar-refractivity contribution >= 4 is 11.8 Å². The number of ether oxygens (including phenoxy) is 1. The Morgan fingerprint density at radius 1 is 1.28 bits per heavy atom. The summed E-state index contributed by atoms with van der Waals surface area (Å²) < 4.78 is 5.38. The summed E-state index contributed by atoms with van der Waals surface area (Å²) in [4.78, 5) is 28.4. The van der Waals surface area contributed by atoms with E-state index in [1.807, 2.05) is 4.90 Å². The van der Waals surface area contributed by atoms with Crippen LogP contribution in [0.3, 0.4) is 0 Å². The molecule has 2 saturated heterocycles. The molecule has 0 spiro atoms. The molecule has 136 valence electrons. The van der Waals surface area contributed by atoms with Gasteiger partial charge in [-0.2, -0.15) is 0 Å². The maximum absolute atomic E-state index is 12.4. The molecule has 1 N–H and O–H groups in total. The van der Waals surface area contributed by atoms with Gasteiger partial charge in [-0.1, -0.05) is 18.2 Å². The predicted octanol–water partition coefficient (Wildman–Crippen LogP) is 0.853. The first-order chi connectivity index (χ1) is 12.0. The molecule has 2 aliphatic rings. The SMILES string of the molecule is Cc1ccc(CN2CCN(C(=O)C[C@H]3COCCN3)CC2=O)cc1C. The van der Waals surface area contributed by atoms with Crippen LogP contribution >= 0.6 is 0 Å². The van der Waals surface area contributed by atoms with Gasteiger partial charge in [0.15, 0.2) is 0 Å². The Kier molecular flexibility index (Phi) is 5.71. The molecule has 25 heavy (non-hydrogen) atoms. The number of carbonyl (C=O) groups excluding carboxylic acids is 2. The smallest absolute Gasteiger partial charge is 0.242 e. The van der Waals surface area contributed by atoms with Gasteiger partial charge in [-0.15, -0.1) is 0 Å². The van der Waals surface area contributed by atoms with E-state index in [9.17, 15) is 9.59 Å². The normalized spacial score (nSPS) is 21.5. The van der Waals surface area contributed by atoms with Crippen LogP contribution in [0.4, 0.5) is 0 Å². The van der Waals surface area contributed by atoms with Crippen molar-refractivity contribution in [2.24, 2.45) is 0 Å². The molecule has 0 aliphatic carbocycles. The molecule has 0 bridgehead atoms. The third-order valence-corrected chi connectivity index (χ3v) is 5.04. The fraction of sp³-hybridized carbons (Fsp3) is 0.579. The summed E-state index contributed by atoms with van der Waals surface area (Å²) in [5.41, 5.74) is 3.63. The number of benzene rings is 1. The summed E-state index contributed by atoms with van der Waals surface area (Å²) in [7, 11) is 0. The van der Waals surface area contributed by atoms with Gasteiger partial charge in [0.2, 0.25) is 11.8 Å². The van der Waals surface area contributed by atoms with Gasteiger partial charge in [0, 0.05) is 38.6 Å². The van der Waals surface area contributed by atoms with E-state index in [-0.39, 0.29) is 24.4 Å². The van der Waals surface area contributed by atoms with Gasteiger partial charge in [0.1, 0.15) is 0 Å². The third kappa shape index (κ3) is 4.58. The molecule has 0 unspecified atom stereocenters. The molecule has 2 amide bonds. The largest absolute Gasteiger partial charge is 0.378 e. The van der Waals surface area contributed by atoms with Crippen molar-refractivity contribution in [1.29, 1.82) is 0 Å². The zero-order valence-corrected chi connectivity index (χ0v) is 15.1. The Balaban J connectivity index is 1.52. The van der Waals surface area contributed by atoms with E-state index in [0.29, 0.717) is 39.3 Å². The second kappa shape index (κ2) is 7.97. The van der Waals surface area contributed by atoms with E-state index in [4.69, 9.17) is 4.74 Å². The van der Waals surface area contributed by atoms with Crippen molar-refractivity contribution in [2.75, 3.05) is 39.4 Å². The number of carbonyl (C=O) groups is 2. The van der Waals surface area contributed by atoms with Crippen molar-refractivity contribution in [2.45, 2.75) is 32.9 Å². The first-order valence-corrected chi connectivity index (χ1v) is 8.96. The number of rotatable bonds is 4. The Morgan fingerprint density at radius 3 is 2.80 bits per heavy atom. The predicted molar refractivity (Wildman–Crippen MR) is 95.1 cm³/mol. The van der Waals surface area contributed by atoms with Gasteiger partial charge in [0.05, 0.1) is 19.8 Å². The molecule has 2 heterocycles. The molecule has 6 heteroatoms. The van der Waals surface area contributed by atoms with E-state index in [2.05, 4.69) is 37.4 Å². The molecule has 3 rings (SSSR count). The Labute approximate surface area is 149 Å². The van der Waals surface area contributed by atoms with Gasteiger partial charge < -0.3 is 19.9 Å². The molecule has 1 atom stereocenters. The van der Waals surface area contributed by atoms with Crippen molar-refractivity contribution < 1.29 is 14.3 Å². The molecule has 1 aromatic rings. The fourth-order valence-corrected chi connectivity index (χ4v) is 3.30. The molecule has 0 radical (unpaired) electrons. The van der Waals surface area contributed by atoms with Gasteiger partial charge in [-0.05, 0) is 30.5 Å². The number of morpholine rings is 1. The molecule has 2 aliphatic heterocycles. The first kappa shape index (κ1) is 17.9. The number of amides is 2. The van der Waals surface area contributed by atoms with E-state index in [0.717, 1.165) is 12.1 Å². The van der Waals surface area contributed by atoms with Crippen LogP contribution in [-0.2, 0) is 20.9 Å². The average molecular weight is 345 g/mol. The summed E-state index contributed by atoms with van der Waals surface area (Å²) in [5.74, 6) is 0.0489. The molecular weight excluding hydrogens is 318 g/mol. The molecule has 0 saturated carbocycles. The lowest BCUT2D eigenvalue weighted by atomic mass is 10.1. The molecular formula is C19H27N3O3. The van der Waals surface area contributed by atoms with Crippen LogP contribution in [-0.4, -0.2) is 67.0 Å². The minimum absolute atomic E-state index is 0.0191. The van der Waals surface area contributed by atoms with Gasteiger partial charge in [-0.25, -0.2) is 0 Å². The zero-order chi connectivity index (χ0) is 17.8. The first-order valence-electron chi connectivity index (χ1n) is 8.96. The average Bonchev–Trinajstić information content (AvgIpc) is 2.60. The quantitative estimate of drug-likeness (QED) is 0.879. The van der Waals surface area contributed by atoms with Crippen LogP contribution < -0.4 is 5.32 Å². The monoisotopic (exact) mass is 345 g/mol. The van der Waals surface area contributed by atoms with E-state index in [1.165, 1.54) is 11.1 Å². The van der Waals surface area contributed by atoms with E-state index in [1.54, 1.807) is 4.90 Å². The lowest BCUT2D eigenvalue weighted by molar-refractivity contribution is -0.146.